The van der Waals surface area contributed by atoms with Crippen molar-refractivity contribution >= 4 is 53.2 Å². The summed E-state index contributed by atoms with van der Waals surface area (Å²) in [6, 6.07) is 13.4. The molecular formula is C47H60N10O5S. The van der Waals surface area contributed by atoms with Crippen LogP contribution in [0.4, 0.5) is 5.82 Å². The highest BCUT2D eigenvalue weighted by Gasteiger charge is 2.40. The van der Waals surface area contributed by atoms with Crippen molar-refractivity contribution in [3.05, 3.63) is 83.3 Å². The predicted octanol–water partition coefficient (Wildman–Crippen LogP) is 4.25. The molecule has 1 unspecified atom stereocenters. The average Bonchev–Trinajstić information content (AvgIpc) is 3.66. The molecule has 0 saturated carbocycles. The second-order valence-corrected chi connectivity index (χ2v) is 18.5. The molecule has 3 aromatic rings. The van der Waals surface area contributed by atoms with Crippen molar-refractivity contribution in [2.75, 3.05) is 76.1 Å². The lowest BCUT2D eigenvalue weighted by Gasteiger charge is -2.43. The maximum atomic E-state index is 13.3. The largest absolute Gasteiger partial charge is 0.355 e. The van der Waals surface area contributed by atoms with Gasteiger partial charge in [0, 0.05) is 107 Å². The van der Waals surface area contributed by atoms with Gasteiger partial charge in [0.25, 0.3) is 11.8 Å². The van der Waals surface area contributed by atoms with Gasteiger partial charge in [-0.1, -0.05) is 25.0 Å². The van der Waals surface area contributed by atoms with Crippen LogP contribution in [0.5, 0.6) is 0 Å². The molecule has 15 nitrogen and oxygen atoms in total. The molecule has 63 heavy (non-hydrogen) atoms. The first-order valence-corrected chi connectivity index (χ1v) is 23.9. The second kappa shape index (κ2) is 21.5. The third-order valence-electron chi connectivity index (χ3n) is 13.3. The summed E-state index contributed by atoms with van der Waals surface area (Å²) in [5, 5.41) is 14.2. The van der Waals surface area contributed by atoms with Gasteiger partial charge >= 0.3 is 0 Å². The van der Waals surface area contributed by atoms with Crippen molar-refractivity contribution in [1.82, 2.24) is 45.4 Å². The van der Waals surface area contributed by atoms with E-state index in [0.29, 0.717) is 42.7 Å². The van der Waals surface area contributed by atoms with E-state index in [-0.39, 0.29) is 36.0 Å². The van der Waals surface area contributed by atoms with E-state index in [1.807, 2.05) is 41.3 Å². The minimum atomic E-state index is -0.595. The number of rotatable bonds is 16. The van der Waals surface area contributed by atoms with Crippen LogP contribution in [0.3, 0.4) is 0 Å². The fourth-order valence-corrected chi connectivity index (χ4v) is 10.7. The van der Waals surface area contributed by atoms with Crippen LogP contribution >= 0.6 is 11.8 Å². The number of carbonyl (C=O) groups excluding carboxylic acids is 5. The molecule has 4 fully saturated rings. The number of anilines is 1. The Morgan fingerprint density at radius 3 is 2.43 bits per heavy atom. The molecule has 2 N–H and O–H groups in total. The van der Waals surface area contributed by atoms with Gasteiger partial charge in [-0.05, 0) is 111 Å². The number of amides is 5. The zero-order valence-electron chi connectivity index (χ0n) is 36.2. The Balaban J connectivity index is 0.681. The van der Waals surface area contributed by atoms with Crippen LogP contribution in [0.25, 0.3) is 6.08 Å². The van der Waals surface area contributed by atoms with Crippen molar-refractivity contribution in [2.24, 2.45) is 5.92 Å². The Labute approximate surface area is 374 Å². The van der Waals surface area contributed by atoms with Crippen molar-refractivity contribution in [3.63, 3.8) is 0 Å². The number of piperidine rings is 3. The number of benzene rings is 1. The van der Waals surface area contributed by atoms with E-state index < -0.39 is 6.04 Å². The number of hydrogen-bond donors (Lipinski definition) is 2. The van der Waals surface area contributed by atoms with Crippen LogP contribution in [0.15, 0.2) is 65.8 Å². The highest BCUT2D eigenvalue weighted by Crippen LogP contribution is 2.35. The lowest BCUT2D eigenvalue weighted by atomic mass is 9.91. The highest BCUT2D eigenvalue weighted by atomic mass is 32.2. The van der Waals surface area contributed by atoms with E-state index in [1.54, 1.807) is 41.2 Å². The van der Waals surface area contributed by atoms with Gasteiger partial charge in [0.05, 0.1) is 0 Å². The standard InChI is InChI=1S/C47H60N10O5S/c58-43(14-10-35-7-4-20-48-32-35)49-21-2-1-6-34-16-23-56(24-17-34)47(62)39-11-13-42(52-51-39)55-25-18-36(19-26-55)54-29-27-53(28-30-54)22-5-31-63-41-9-3-8-37-38(41)33-57(46(37)61)40-12-15-44(59)50-45(40)60/h3-4,7-11,13-14,20,32,34,36,40H,1-2,5-6,12,15-19,21-31,33H2,(H,49,58)(H,50,59,60)/b14-10+. The summed E-state index contributed by atoms with van der Waals surface area (Å²) in [6.45, 7) is 9.70. The maximum Gasteiger partial charge on any atom is 0.274 e. The van der Waals surface area contributed by atoms with Crippen LogP contribution < -0.4 is 15.5 Å². The van der Waals surface area contributed by atoms with Crippen LogP contribution in [0, 0.1) is 5.92 Å². The van der Waals surface area contributed by atoms with E-state index in [2.05, 4.69) is 46.6 Å². The van der Waals surface area contributed by atoms with E-state index in [0.717, 1.165) is 138 Å². The molecule has 2 aromatic heterocycles. The Kier molecular flexibility index (Phi) is 15.1. The topological polar surface area (TPSA) is 164 Å². The van der Waals surface area contributed by atoms with E-state index in [9.17, 15) is 24.0 Å². The van der Waals surface area contributed by atoms with Gasteiger partial charge in [-0.2, -0.15) is 0 Å². The average molecular weight is 877 g/mol. The van der Waals surface area contributed by atoms with Crippen molar-refractivity contribution in [1.29, 1.82) is 0 Å². The quantitative estimate of drug-likeness (QED) is 0.0912. The summed E-state index contributed by atoms with van der Waals surface area (Å²) in [4.78, 5) is 79.0. The lowest BCUT2D eigenvalue weighted by Crippen LogP contribution is -2.53. The SMILES string of the molecule is O=C(/C=C/c1cccnc1)NCCCCC1CCN(C(=O)c2ccc(N3CCC(N4CCN(CCCSc5cccc6c5CN(C5CCC(=O)NC5=O)C6=O)CC4)CC3)nn2)CC1. The minimum Gasteiger partial charge on any atom is -0.355 e. The number of likely N-dealkylation sites (tertiary alicyclic amines) is 1. The zero-order chi connectivity index (χ0) is 43.5. The Morgan fingerprint density at radius 1 is 0.857 bits per heavy atom. The Morgan fingerprint density at radius 2 is 1.68 bits per heavy atom. The van der Waals surface area contributed by atoms with E-state index in [4.69, 9.17) is 0 Å². The molecule has 7 heterocycles. The molecule has 1 atom stereocenters. The van der Waals surface area contributed by atoms with E-state index in [1.165, 1.54) is 0 Å². The van der Waals surface area contributed by atoms with Crippen LogP contribution in [-0.4, -0.2) is 148 Å². The number of pyridine rings is 1. The monoisotopic (exact) mass is 876 g/mol. The number of unbranched alkanes of at least 4 members (excludes halogenated alkanes) is 1. The molecule has 5 amide bonds. The third kappa shape index (κ3) is 11.5. The number of fused-ring (bicyclic) bond motifs is 1. The highest BCUT2D eigenvalue weighted by molar-refractivity contribution is 7.99. The van der Waals surface area contributed by atoms with Gasteiger partial charge < -0.3 is 24.9 Å². The molecule has 334 valence electrons. The number of piperazine rings is 1. The number of nitrogens with zero attached hydrogens (tertiary/aromatic N) is 8. The van der Waals surface area contributed by atoms with Crippen LogP contribution in [0.1, 0.15) is 96.2 Å². The summed E-state index contributed by atoms with van der Waals surface area (Å²) in [5.74, 6) is 1.48. The van der Waals surface area contributed by atoms with E-state index >= 15 is 0 Å². The first-order chi connectivity index (χ1) is 30.8. The number of nitrogens with one attached hydrogen (secondary N) is 2. The molecular weight excluding hydrogens is 817 g/mol. The number of imide groups is 1. The van der Waals surface area contributed by atoms with Crippen LogP contribution in [0.2, 0.25) is 0 Å². The molecule has 1 aromatic carbocycles. The Hall–Kier alpha value is -5.19. The fourth-order valence-electron chi connectivity index (χ4n) is 9.64. The third-order valence-corrected chi connectivity index (χ3v) is 14.5. The summed E-state index contributed by atoms with van der Waals surface area (Å²) in [7, 11) is 0. The van der Waals surface area contributed by atoms with Crippen molar-refractivity contribution in [3.8, 4) is 0 Å². The molecule has 8 rings (SSSR count). The maximum absolute atomic E-state index is 13.3. The fraction of sp³-hybridized carbons (Fsp3) is 0.532. The number of thioether (sulfide) groups is 1. The van der Waals surface area contributed by atoms with Gasteiger partial charge in [-0.25, -0.2) is 0 Å². The zero-order valence-corrected chi connectivity index (χ0v) is 37.0. The minimum absolute atomic E-state index is 0.0386. The normalized spacial score (nSPS) is 20.7. The first-order valence-electron chi connectivity index (χ1n) is 22.9. The van der Waals surface area contributed by atoms with Gasteiger partial charge in [-0.3, -0.25) is 39.2 Å². The van der Waals surface area contributed by atoms with Gasteiger partial charge in [-0.15, -0.1) is 22.0 Å². The summed E-state index contributed by atoms with van der Waals surface area (Å²) in [6.07, 6.45) is 15.7. The smallest absolute Gasteiger partial charge is 0.274 e. The van der Waals surface area contributed by atoms with Gasteiger partial charge in [0.15, 0.2) is 11.5 Å². The molecule has 0 radical (unpaired) electrons. The lowest BCUT2D eigenvalue weighted by molar-refractivity contribution is -0.137. The van der Waals surface area contributed by atoms with Crippen LogP contribution in [-0.2, 0) is 20.9 Å². The molecule has 0 spiro atoms. The first kappa shape index (κ1) is 44.4. The molecule has 5 aliphatic heterocycles. The second-order valence-electron chi connectivity index (χ2n) is 17.4. The van der Waals surface area contributed by atoms with Crippen molar-refractivity contribution < 1.29 is 24.0 Å². The van der Waals surface area contributed by atoms with Gasteiger partial charge in [0.2, 0.25) is 17.7 Å². The summed E-state index contributed by atoms with van der Waals surface area (Å²) in [5.41, 5.74) is 2.98. The van der Waals surface area contributed by atoms with Crippen molar-refractivity contribution in [2.45, 2.75) is 87.7 Å². The van der Waals surface area contributed by atoms with Gasteiger partial charge in [0.1, 0.15) is 6.04 Å². The number of aromatic nitrogens is 3. The molecule has 0 aliphatic carbocycles. The predicted molar refractivity (Wildman–Crippen MR) is 242 cm³/mol. The molecule has 16 heteroatoms. The summed E-state index contributed by atoms with van der Waals surface area (Å²) >= 11 is 1.79. The molecule has 0 bridgehead atoms. The Bertz CT molecular complexity index is 2100. The summed E-state index contributed by atoms with van der Waals surface area (Å²) < 4.78 is 0. The molecule has 5 aliphatic rings. The number of carbonyl (C=O) groups is 5. The number of hydrogen-bond acceptors (Lipinski definition) is 12. The molecule has 4 saturated heterocycles.